The van der Waals surface area contributed by atoms with Gasteiger partial charge in [0.1, 0.15) is 23.6 Å². The van der Waals surface area contributed by atoms with Gasteiger partial charge in [-0.1, -0.05) is 6.92 Å². The van der Waals surface area contributed by atoms with Crippen molar-refractivity contribution in [1.29, 1.82) is 0 Å². The molecule has 3 aromatic rings. The zero-order valence-corrected chi connectivity index (χ0v) is 24.8. The maximum Gasteiger partial charge on any atom is 0.305 e. The van der Waals surface area contributed by atoms with E-state index in [0.29, 0.717) is 16.7 Å². The second-order valence-electron chi connectivity index (χ2n) is 11.4. The molecule has 1 aromatic heterocycles. The molecular weight excluding hydrogens is 580 g/mol. The van der Waals surface area contributed by atoms with Gasteiger partial charge >= 0.3 is 5.97 Å². The molecule has 0 radical (unpaired) electrons. The maximum atomic E-state index is 15.1. The lowest BCUT2D eigenvalue weighted by molar-refractivity contribution is -0.137. The lowest BCUT2D eigenvalue weighted by Crippen LogP contribution is -2.39. The normalized spacial score (nSPS) is 15.4. The summed E-state index contributed by atoms with van der Waals surface area (Å²) in [6, 6.07) is 6.17. The van der Waals surface area contributed by atoms with Crippen LogP contribution >= 0.6 is 0 Å². The van der Waals surface area contributed by atoms with Gasteiger partial charge < -0.3 is 20.8 Å². The summed E-state index contributed by atoms with van der Waals surface area (Å²) in [5.74, 6) is -5.66. The number of aromatic nitrogens is 1. The third-order valence-corrected chi connectivity index (χ3v) is 7.71. The summed E-state index contributed by atoms with van der Waals surface area (Å²) >= 11 is 0. The van der Waals surface area contributed by atoms with E-state index in [-0.39, 0.29) is 47.9 Å². The number of aliphatic hydroxyl groups excluding tert-OH is 1. The van der Waals surface area contributed by atoms with Gasteiger partial charge in [0.15, 0.2) is 11.6 Å². The van der Waals surface area contributed by atoms with Crippen LogP contribution in [-0.2, 0) is 11.3 Å². The van der Waals surface area contributed by atoms with Gasteiger partial charge in [-0.05, 0) is 111 Å². The number of aliphatic hydroxyl groups is 1. The smallest absolute Gasteiger partial charge is 0.305 e. The second kappa shape index (κ2) is 14.3. The van der Waals surface area contributed by atoms with Crippen LogP contribution < -0.4 is 10.6 Å². The lowest BCUT2D eigenvalue weighted by Gasteiger charge is -2.30. The van der Waals surface area contributed by atoms with Crippen molar-refractivity contribution in [2.24, 2.45) is 5.92 Å². The predicted molar refractivity (Wildman–Crippen MR) is 156 cm³/mol. The first-order valence-electron chi connectivity index (χ1n) is 14.4. The van der Waals surface area contributed by atoms with Gasteiger partial charge in [-0.3, -0.25) is 14.5 Å². The number of likely N-dealkylation sites (tertiary alicyclic amines) is 1. The highest BCUT2D eigenvalue weighted by molar-refractivity contribution is 5.92. The molecular formula is C32H36F4N4O4. The van der Waals surface area contributed by atoms with Crippen LogP contribution in [0.1, 0.15) is 65.1 Å². The van der Waals surface area contributed by atoms with Crippen molar-refractivity contribution in [1.82, 2.24) is 20.5 Å². The highest BCUT2D eigenvalue weighted by Gasteiger charge is 2.25. The molecule has 3 atom stereocenters. The second-order valence-corrected chi connectivity index (χ2v) is 11.4. The van der Waals surface area contributed by atoms with E-state index in [1.807, 2.05) is 4.90 Å². The molecule has 236 valence electrons. The van der Waals surface area contributed by atoms with E-state index in [0.717, 1.165) is 31.6 Å². The van der Waals surface area contributed by atoms with Crippen molar-refractivity contribution in [3.63, 3.8) is 0 Å². The van der Waals surface area contributed by atoms with Crippen LogP contribution in [0.4, 0.5) is 17.6 Å². The zero-order chi connectivity index (χ0) is 32.1. The summed E-state index contributed by atoms with van der Waals surface area (Å²) in [6.07, 6.45) is -0.829. The molecule has 44 heavy (non-hydrogen) atoms. The molecule has 4 N–H and O–H groups in total. The molecule has 1 fully saturated rings. The number of amides is 1. The quantitative estimate of drug-likeness (QED) is 0.158. The predicted octanol–water partition coefficient (Wildman–Crippen LogP) is 5.01. The van der Waals surface area contributed by atoms with Crippen LogP contribution in [-0.4, -0.2) is 57.8 Å². The Hall–Kier alpha value is -3.87. The first kappa shape index (κ1) is 33.0. The Morgan fingerprint density at radius 2 is 1.70 bits per heavy atom. The van der Waals surface area contributed by atoms with E-state index in [1.165, 1.54) is 24.3 Å². The van der Waals surface area contributed by atoms with Crippen molar-refractivity contribution >= 4 is 11.9 Å². The van der Waals surface area contributed by atoms with E-state index in [9.17, 15) is 33.0 Å². The third kappa shape index (κ3) is 8.19. The Kier molecular flexibility index (Phi) is 10.7. The summed E-state index contributed by atoms with van der Waals surface area (Å²) in [6.45, 7) is 7.03. The number of carboxylic acid groups (broad SMARTS) is 1. The summed E-state index contributed by atoms with van der Waals surface area (Å²) < 4.78 is 57.9. The van der Waals surface area contributed by atoms with Gasteiger partial charge in [0.05, 0.1) is 12.1 Å². The monoisotopic (exact) mass is 616 g/mol. The van der Waals surface area contributed by atoms with Gasteiger partial charge in [-0.25, -0.2) is 22.5 Å². The fourth-order valence-corrected chi connectivity index (χ4v) is 5.41. The number of carbonyl (C=O) groups excluding carboxylic acids is 1. The van der Waals surface area contributed by atoms with Crippen LogP contribution in [0.3, 0.4) is 0 Å². The van der Waals surface area contributed by atoms with Crippen LogP contribution in [0.2, 0.25) is 0 Å². The first-order chi connectivity index (χ1) is 20.8. The number of aliphatic carboxylic acids is 1. The molecule has 8 nitrogen and oxygen atoms in total. The average molecular weight is 617 g/mol. The number of aryl methyl sites for hydroxylation is 2. The van der Waals surface area contributed by atoms with E-state index in [1.54, 1.807) is 20.8 Å². The van der Waals surface area contributed by atoms with Crippen molar-refractivity contribution in [3.05, 3.63) is 87.7 Å². The minimum atomic E-state index is -1.31. The minimum absolute atomic E-state index is 0.0329. The number of hydrogen-bond acceptors (Lipinski definition) is 6. The van der Waals surface area contributed by atoms with Gasteiger partial charge in [0.25, 0.3) is 5.91 Å². The van der Waals surface area contributed by atoms with Crippen molar-refractivity contribution in [3.8, 4) is 11.1 Å². The number of pyridine rings is 1. The Morgan fingerprint density at radius 1 is 1.02 bits per heavy atom. The van der Waals surface area contributed by atoms with E-state index < -0.39 is 53.8 Å². The maximum absolute atomic E-state index is 15.1. The summed E-state index contributed by atoms with van der Waals surface area (Å²) in [7, 11) is 0. The molecule has 1 aliphatic rings. The molecule has 1 aliphatic heterocycles. The molecule has 0 saturated carbocycles. The molecule has 0 spiro atoms. The summed E-state index contributed by atoms with van der Waals surface area (Å²) in [5, 5.41) is 25.4. The highest BCUT2D eigenvalue weighted by Crippen LogP contribution is 2.33. The minimum Gasteiger partial charge on any atom is -0.481 e. The standard InChI is InChI=1S/C32H36F4N4O4/c1-17(9-28(41)39-32(44)25-6-5-23(34)27(38-25)16-40-7-4-8-40)15-37-26(14-29(42)43)22-12-20(13-24(35)31(22)36)30-18(2)10-21(33)11-19(30)3/h5-6,10-13,17,26,28,37,41H,4,7-9,14-16H2,1-3H3,(H,39,44)(H,42,43)/t17?,26-,28+/m0/s1. The molecule has 4 rings (SSSR count). The number of benzene rings is 2. The summed E-state index contributed by atoms with van der Waals surface area (Å²) in [4.78, 5) is 30.5. The summed E-state index contributed by atoms with van der Waals surface area (Å²) in [5.41, 5.74) is 1.70. The van der Waals surface area contributed by atoms with Gasteiger partial charge in [0.2, 0.25) is 0 Å². The molecule has 1 unspecified atom stereocenters. The number of nitrogens with one attached hydrogen (secondary N) is 2. The molecule has 2 aromatic carbocycles. The number of rotatable bonds is 13. The molecule has 1 saturated heterocycles. The van der Waals surface area contributed by atoms with E-state index >= 15 is 4.39 Å². The largest absolute Gasteiger partial charge is 0.481 e. The topological polar surface area (TPSA) is 115 Å². The number of carboxylic acids is 1. The molecule has 12 heteroatoms. The highest BCUT2D eigenvalue weighted by atomic mass is 19.2. The van der Waals surface area contributed by atoms with Crippen molar-refractivity contribution in [2.45, 2.75) is 58.8 Å². The van der Waals surface area contributed by atoms with E-state index in [4.69, 9.17) is 0 Å². The van der Waals surface area contributed by atoms with Crippen LogP contribution in [0.25, 0.3) is 11.1 Å². The SMILES string of the molecule is Cc1cc(F)cc(C)c1-c1cc(F)c(F)c([C@H](CC(=O)O)NCC(C)C[C@@H](O)NC(=O)c2ccc(F)c(CN3CCC3)n2)c1. The Balaban J connectivity index is 1.43. The van der Waals surface area contributed by atoms with Crippen LogP contribution in [0, 0.1) is 43.0 Å². The fourth-order valence-electron chi connectivity index (χ4n) is 5.41. The van der Waals surface area contributed by atoms with Crippen LogP contribution in [0.5, 0.6) is 0 Å². The van der Waals surface area contributed by atoms with Gasteiger partial charge in [-0.2, -0.15) is 0 Å². The number of halogens is 4. The first-order valence-corrected chi connectivity index (χ1v) is 14.4. The zero-order valence-electron chi connectivity index (χ0n) is 24.8. The number of hydrogen-bond donors (Lipinski definition) is 4. The average Bonchev–Trinajstić information content (AvgIpc) is 2.90. The lowest BCUT2D eigenvalue weighted by atomic mass is 9.91. The third-order valence-electron chi connectivity index (χ3n) is 7.71. The van der Waals surface area contributed by atoms with Gasteiger partial charge in [-0.15, -0.1) is 0 Å². The molecule has 0 aliphatic carbocycles. The Morgan fingerprint density at radius 3 is 2.32 bits per heavy atom. The van der Waals surface area contributed by atoms with Crippen LogP contribution in [0.15, 0.2) is 36.4 Å². The Bertz CT molecular complexity index is 1510. The molecule has 0 bridgehead atoms. The Labute approximate surface area is 253 Å². The fraction of sp³-hybridized carbons (Fsp3) is 0.406. The molecule has 1 amide bonds. The van der Waals surface area contributed by atoms with E-state index in [2.05, 4.69) is 15.6 Å². The van der Waals surface area contributed by atoms with Gasteiger partial charge in [0, 0.05) is 18.2 Å². The molecule has 2 heterocycles. The van der Waals surface area contributed by atoms with Crippen molar-refractivity contribution in [2.75, 3.05) is 19.6 Å². The number of nitrogens with zero attached hydrogens (tertiary/aromatic N) is 2. The number of carbonyl (C=O) groups is 2. The van der Waals surface area contributed by atoms with Crippen molar-refractivity contribution < 1.29 is 37.4 Å².